The first kappa shape index (κ1) is 19.7. The van der Waals surface area contributed by atoms with Crippen LogP contribution in [0, 0.1) is 0 Å². The van der Waals surface area contributed by atoms with Crippen molar-refractivity contribution in [1.82, 2.24) is 18.6 Å². The Morgan fingerprint density at radius 1 is 0.929 bits per heavy atom. The lowest BCUT2D eigenvalue weighted by atomic mass is 10.2. The second kappa shape index (κ2) is 8.28. The molecule has 0 saturated carbocycles. The van der Waals surface area contributed by atoms with E-state index in [1.807, 2.05) is 36.4 Å². The summed E-state index contributed by atoms with van der Waals surface area (Å²) >= 11 is 0. The van der Waals surface area contributed by atoms with Crippen molar-refractivity contribution in [3.63, 3.8) is 0 Å². The molecule has 28 heavy (non-hydrogen) atoms. The molecule has 0 unspecified atom stereocenters. The van der Waals surface area contributed by atoms with Gasteiger partial charge in [0.1, 0.15) is 5.69 Å². The molecule has 1 amide bonds. The van der Waals surface area contributed by atoms with Gasteiger partial charge in [0.15, 0.2) is 5.82 Å². The van der Waals surface area contributed by atoms with Crippen LogP contribution in [0.15, 0.2) is 72.9 Å². The normalized spacial score (nSPS) is 11.4. The van der Waals surface area contributed by atoms with Crippen LogP contribution in [0.3, 0.4) is 0 Å². The van der Waals surface area contributed by atoms with E-state index in [2.05, 4.69) is 9.97 Å². The van der Waals surface area contributed by atoms with E-state index in [0.29, 0.717) is 11.4 Å². The molecule has 3 rings (SSSR count). The standard InChI is InChI=1S/C20H20N4O3S/c1-23(2)28(26,27)24(15-16-9-5-3-6-10-16)20(25)18-13-14-21-19(22-18)17-11-7-4-8-12-17/h3-14H,15H2,1-2H3. The van der Waals surface area contributed by atoms with Crippen molar-refractivity contribution in [2.45, 2.75) is 6.54 Å². The topological polar surface area (TPSA) is 83.5 Å². The van der Waals surface area contributed by atoms with Gasteiger partial charge in [-0.2, -0.15) is 12.7 Å². The van der Waals surface area contributed by atoms with Gasteiger partial charge in [0.25, 0.3) is 5.91 Å². The van der Waals surface area contributed by atoms with Gasteiger partial charge >= 0.3 is 10.2 Å². The average molecular weight is 396 g/mol. The molecule has 144 valence electrons. The van der Waals surface area contributed by atoms with E-state index in [0.717, 1.165) is 14.2 Å². The minimum absolute atomic E-state index is 0.00945. The number of hydrogen-bond acceptors (Lipinski definition) is 5. The van der Waals surface area contributed by atoms with Crippen molar-refractivity contribution in [2.75, 3.05) is 14.1 Å². The van der Waals surface area contributed by atoms with Gasteiger partial charge in [-0.1, -0.05) is 60.7 Å². The molecule has 0 fully saturated rings. The number of nitrogens with zero attached hydrogens (tertiary/aromatic N) is 4. The molecule has 0 radical (unpaired) electrons. The minimum atomic E-state index is -4.01. The number of hydrogen-bond donors (Lipinski definition) is 0. The molecule has 0 aliphatic rings. The van der Waals surface area contributed by atoms with Crippen LogP contribution in [0.1, 0.15) is 16.1 Å². The minimum Gasteiger partial charge on any atom is -0.266 e. The van der Waals surface area contributed by atoms with Gasteiger partial charge in [0, 0.05) is 25.9 Å². The lowest BCUT2D eigenvalue weighted by molar-refractivity contribution is 0.0843. The monoisotopic (exact) mass is 396 g/mol. The van der Waals surface area contributed by atoms with Crippen molar-refractivity contribution in [3.8, 4) is 11.4 Å². The summed E-state index contributed by atoms with van der Waals surface area (Å²) in [6.07, 6.45) is 1.45. The van der Waals surface area contributed by atoms with Crippen LogP contribution in [0.2, 0.25) is 0 Å². The van der Waals surface area contributed by atoms with E-state index < -0.39 is 16.1 Å². The van der Waals surface area contributed by atoms with Crippen LogP contribution in [-0.4, -0.2) is 47.0 Å². The summed E-state index contributed by atoms with van der Waals surface area (Å²) in [6.45, 7) is -0.0924. The Labute approximate surface area is 164 Å². The number of aromatic nitrogens is 2. The summed E-state index contributed by atoms with van der Waals surface area (Å²) in [6, 6.07) is 19.5. The smallest absolute Gasteiger partial charge is 0.266 e. The number of amides is 1. The third-order valence-electron chi connectivity index (χ3n) is 4.04. The van der Waals surface area contributed by atoms with E-state index >= 15 is 0 Å². The highest BCUT2D eigenvalue weighted by Gasteiger charge is 2.31. The molecule has 0 spiro atoms. The quantitative estimate of drug-likeness (QED) is 0.639. The Kier molecular flexibility index (Phi) is 5.81. The molecule has 2 aromatic carbocycles. The lowest BCUT2D eigenvalue weighted by Crippen LogP contribution is -2.43. The fourth-order valence-electron chi connectivity index (χ4n) is 2.54. The van der Waals surface area contributed by atoms with Crippen molar-refractivity contribution < 1.29 is 13.2 Å². The zero-order chi connectivity index (χ0) is 20.1. The van der Waals surface area contributed by atoms with Crippen LogP contribution in [0.4, 0.5) is 0 Å². The Balaban J connectivity index is 2.00. The fourth-order valence-corrected chi connectivity index (χ4v) is 3.55. The molecule has 1 heterocycles. The van der Waals surface area contributed by atoms with Gasteiger partial charge < -0.3 is 0 Å². The molecule has 0 aliphatic heterocycles. The predicted octanol–water partition coefficient (Wildman–Crippen LogP) is 2.59. The maximum absolute atomic E-state index is 13.1. The largest absolute Gasteiger partial charge is 0.306 e. The van der Waals surface area contributed by atoms with Crippen LogP contribution in [0.25, 0.3) is 11.4 Å². The molecule has 0 saturated heterocycles. The lowest BCUT2D eigenvalue weighted by Gasteiger charge is -2.25. The number of benzene rings is 2. The maximum atomic E-state index is 13.1. The van der Waals surface area contributed by atoms with Crippen LogP contribution < -0.4 is 0 Å². The van der Waals surface area contributed by atoms with Gasteiger partial charge in [-0.15, -0.1) is 0 Å². The van der Waals surface area contributed by atoms with Crippen LogP contribution >= 0.6 is 0 Å². The summed E-state index contributed by atoms with van der Waals surface area (Å²) in [5.74, 6) is -0.356. The molecule has 8 heteroatoms. The molecule has 0 N–H and O–H groups in total. The summed E-state index contributed by atoms with van der Waals surface area (Å²) in [4.78, 5) is 21.6. The van der Waals surface area contributed by atoms with Gasteiger partial charge in [0.2, 0.25) is 0 Å². The van der Waals surface area contributed by atoms with E-state index in [-0.39, 0.29) is 12.2 Å². The Hall–Kier alpha value is -3.10. The Bertz CT molecular complexity index is 1060. The highest BCUT2D eigenvalue weighted by atomic mass is 32.2. The van der Waals surface area contributed by atoms with Crippen molar-refractivity contribution >= 4 is 16.1 Å². The van der Waals surface area contributed by atoms with Crippen molar-refractivity contribution in [1.29, 1.82) is 0 Å². The highest BCUT2D eigenvalue weighted by molar-refractivity contribution is 7.87. The predicted molar refractivity (Wildman–Crippen MR) is 106 cm³/mol. The summed E-state index contributed by atoms with van der Waals surface area (Å²) in [7, 11) is -1.24. The third kappa shape index (κ3) is 4.24. The van der Waals surface area contributed by atoms with E-state index in [1.54, 1.807) is 24.3 Å². The maximum Gasteiger partial charge on any atom is 0.306 e. The first-order valence-corrected chi connectivity index (χ1v) is 9.96. The number of carbonyl (C=O) groups excluding carboxylic acids is 1. The molecule has 7 nitrogen and oxygen atoms in total. The van der Waals surface area contributed by atoms with Crippen LogP contribution in [-0.2, 0) is 16.8 Å². The second-order valence-corrected chi connectivity index (χ2v) is 8.29. The second-order valence-electron chi connectivity index (χ2n) is 6.22. The van der Waals surface area contributed by atoms with Crippen molar-refractivity contribution in [2.24, 2.45) is 0 Å². The van der Waals surface area contributed by atoms with Gasteiger partial charge in [-0.25, -0.2) is 14.3 Å². The van der Waals surface area contributed by atoms with E-state index in [4.69, 9.17) is 0 Å². The van der Waals surface area contributed by atoms with Gasteiger partial charge in [-0.05, 0) is 11.6 Å². The van der Waals surface area contributed by atoms with E-state index in [9.17, 15) is 13.2 Å². The van der Waals surface area contributed by atoms with Crippen molar-refractivity contribution in [3.05, 3.63) is 84.2 Å². The Morgan fingerprint density at radius 2 is 1.54 bits per heavy atom. The molecule has 0 atom stereocenters. The van der Waals surface area contributed by atoms with Crippen LogP contribution in [0.5, 0.6) is 0 Å². The highest BCUT2D eigenvalue weighted by Crippen LogP contribution is 2.18. The fraction of sp³-hybridized carbons (Fsp3) is 0.150. The summed E-state index contributed by atoms with van der Waals surface area (Å²) < 4.78 is 27.4. The molecule has 1 aromatic heterocycles. The third-order valence-corrected chi connectivity index (χ3v) is 5.82. The zero-order valence-electron chi connectivity index (χ0n) is 15.6. The summed E-state index contributed by atoms with van der Waals surface area (Å²) in [5.41, 5.74) is 1.44. The summed E-state index contributed by atoms with van der Waals surface area (Å²) in [5, 5.41) is 0. The Morgan fingerprint density at radius 3 is 2.14 bits per heavy atom. The SMILES string of the molecule is CN(C)S(=O)(=O)N(Cc1ccccc1)C(=O)c1ccnc(-c2ccccc2)n1. The molecular weight excluding hydrogens is 376 g/mol. The molecular formula is C20H20N4O3S. The first-order valence-electron chi connectivity index (χ1n) is 8.56. The zero-order valence-corrected chi connectivity index (χ0v) is 16.4. The average Bonchev–Trinajstić information content (AvgIpc) is 2.73. The molecule has 3 aromatic rings. The van der Waals surface area contributed by atoms with E-state index in [1.165, 1.54) is 26.4 Å². The van der Waals surface area contributed by atoms with Gasteiger partial charge in [0.05, 0.1) is 6.54 Å². The molecule has 0 aliphatic carbocycles. The van der Waals surface area contributed by atoms with Gasteiger partial charge in [-0.3, -0.25) is 4.79 Å². The molecule has 0 bridgehead atoms. The number of rotatable bonds is 6. The number of carbonyl (C=O) groups is 1. The first-order chi connectivity index (χ1) is 13.4.